The summed E-state index contributed by atoms with van der Waals surface area (Å²) in [6.45, 7) is 3.86. The maximum absolute atomic E-state index is 9.12. The molecule has 3 aliphatic rings. The van der Waals surface area contributed by atoms with Crippen molar-refractivity contribution in [3.63, 3.8) is 0 Å². The second-order valence-corrected chi connectivity index (χ2v) is 7.78. The van der Waals surface area contributed by atoms with Crippen LogP contribution in [0.5, 0.6) is 0 Å². The lowest BCUT2D eigenvalue weighted by atomic mass is 9.91. The number of nitrogens with zero attached hydrogens (tertiary/aromatic N) is 5. The van der Waals surface area contributed by atoms with Crippen molar-refractivity contribution in [2.75, 3.05) is 18.0 Å². The van der Waals surface area contributed by atoms with Crippen LogP contribution in [0.4, 0.5) is 5.82 Å². The van der Waals surface area contributed by atoms with Crippen LogP contribution in [0.2, 0.25) is 0 Å². The zero-order valence-corrected chi connectivity index (χ0v) is 14.4. The number of H-pyrrole nitrogens is 1. The molecule has 3 heterocycles. The zero-order valence-electron chi connectivity index (χ0n) is 14.4. The minimum atomic E-state index is 0.408. The minimum Gasteiger partial charge on any atom is -0.356 e. The zero-order chi connectivity index (χ0) is 17.0. The van der Waals surface area contributed by atoms with Crippen molar-refractivity contribution in [1.29, 1.82) is 5.26 Å². The summed E-state index contributed by atoms with van der Waals surface area (Å²) in [6.07, 6.45) is 5.13. The van der Waals surface area contributed by atoms with Crippen LogP contribution in [-0.2, 0) is 0 Å². The van der Waals surface area contributed by atoms with E-state index in [-0.39, 0.29) is 0 Å². The summed E-state index contributed by atoms with van der Waals surface area (Å²) in [5, 5.41) is 16.8. The second-order valence-electron chi connectivity index (χ2n) is 7.78. The predicted molar refractivity (Wildman–Crippen MR) is 93.2 cm³/mol. The molecule has 0 radical (unpaired) electrons. The maximum atomic E-state index is 9.12. The van der Waals surface area contributed by atoms with Crippen molar-refractivity contribution in [2.24, 2.45) is 11.8 Å². The Bertz CT molecular complexity index is 842. The molecule has 0 aromatic carbocycles. The molecule has 0 amide bonds. The van der Waals surface area contributed by atoms with Crippen LogP contribution in [0, 0.1) is 30.1 Å². The topological polar surface area (TPSA) is 81.5 Å². The number of aromatic nitrogens is 4. The van der Waals surface area contributed by atoms with Crippen LogP contribution in [-0.4, -0.2) is 33.3 Å². The van der Waals surface area contributed by atoms with Gasteiger partial charge in [0.05, 0.1) is 11.3 Å². The summed E-state index contributed by atoms with van der Waals surface area (Å²) >= 11 is 0. The Morgan fingerprint density at radius 3 is 2.68 bits per heavy atom. The molecule has 128 valence electrons. The Balaban J connectivity index is 1.41. The highest BCUT2D eigenvalue weighted by Crippen LogP contribution is 2.48. The van der Waals surface area contributed by atoms with Gasteiger partial charge in [0, 0.05) is 24.9 Å². The number of aromatic amines is 1. The van der Waals surface area contributed by atoms with Gasteiger partial charge in [-0.1, -0.05) is 0 Å². The van der Waals surface area contributed by atoms with Gasteiger partial charge in [-0.3, -0.25) is 5.10 Å². The summed E-state index contributed by atoms with van der Waals surface area (Å²) in [7, 11) is 0. The molecule has 1 aliphatic heterocycles. The average Bonchev–Trinajstić information content (AvgIpc) is 3.55. The summed E-state index contributed by atoms with van der Waals surface area (Å²) in [4.78, 5) is 11.9. The Morgan fingerprint density at radius 2 is 2.00 bits per heavy atom. The van der Waals surface area contributed by atoms with Gasteiger partial charge >= 0.3 is 0 Å². The number of nitrogens with one attached hydrogen (secondary N) is 1. The molecule has 1 N–H and O–H groups in total. The molecule has 6 heteroatoms. The van der Waals surface area contributed by atoms with E-state index in [4.69, 9.17) is 10.2 Å². The first-order valence-corrected chi connectivity index (χ1v) is 9.28. The molecule has 1 saturated heterocycles. The maximum Gasteiger partial charge on any atom is 0.153 e. The van der Waals surface area contributed by atoms with Crippen molar-refractivity contribution in [3.8, 4) is 6.07 Å². The molecule has 0 unspecified atom stereocenters. The number of hydrogen-bond donors (Lipinski definition) is 1. The van der Waals surface area contributed by atoms with Crippen LogP contribution in [0.25, 0.3) is 0 Å². The van der Waals surface area contributed by atoms with E-state index < -0.39 is 0 Å². The van der Waals surface area contributed by atoms with Crippen molar-refractivity contribution in [1.82, 2.24) is 20.2 Å². The van der Waals surface area contributed by atoms with Gasteiger partial charge in [-0.05, 0) is 56.6 Å². The Morgan fingerprint density at radius 1 is 1.16 bits per heavy atom. The van der Waals surface area contributed by atoms with E-state index in [1.807, 2.05) is 19.1 Å². The normalized spacial score (nSPS) is 26.0. The molecule has 2 saturated carbocycles. The molecule has 2 aromatic heterocycles. The lowest BCUT2D eigenvalue weighted by Crippen LogP contribution is -2.21. The third-order valence-electron chi connectivity index (χ3n) is 5.92. The highest BCUT2D eigenvalue weighted by molar-refractivity contribution is 5.47. The fraction of sp³-hybridized carbons (Fsp3) is 0.579. The fourth-order valence-electron chi connectivity index (χ4n) is 4.13. The second kappa shape index (κ2) is 5.55. The van der Waals surface area contributed by atoms with Gasteiger partial charge in [0.2, 0.25) is 0 Å². The predicted octanol–water partition coefficient (Wildman–Crippen LogP) is 2.89. The summed E-state index contributed by atoms with van der Waals surface area (Å²) in [6, 6.07) is 6.07. The molecular weight excluding hydrogens is 312 g/mol. The van der Waals surface area contributed by atoms with Crippen LogP contribution in [0.1, 0.15) is 60.4 Å². The first-order valence-electron chi connectivity index (χ1n) is 9.28. The Hall–Kier alpha value is -2.42. The minimum absolute atomic E-state index is 0.408. The first-order chi connectivity index (χ1) is 12.2. The number of aryl methyl sites for hydroxylation is 1. The van der Waals surface area contributed by atoms with E-state index in [0.29, 0.717) is 23.3 Å². The monoisotopic (exact) mass is 334 g/mol. The molecule has 5 rings (SSSR count). The first kappa shape index (κ1) is 14.9. The lowest BCUT2D eigenvalue weighted by Gasteiger charge is -2.18. The summed E-state index contributed by atoms with van der Waals surface area (Å²) in [5.74, 6) is 5.48. The smallest absolute Gasteiger partial charge is 0.153 e. The van der Waals surface area contributed by atoms with Gasteiger partial charge in [0.1, 0.15) is 17.7 Å². The molecule has 2 aliphatic carbocycles. The number of pyridine rings is 1. The highest BCUT2D eigenvalue weighted by Gasteiger charge is 2.45. The largest absolute Gasteiger partial charge is 0.356 e. The number of anilines is 1. The number of nitriles is 1. The Labute approximate surface area is 147 Å². The molecule has 2 aromatic rings. The van der Waals surface area contributed by atoms with Crippen molar-refractivity contribution < 1.29 is 0 Å². The van der Waals surface area contributed by atoms with Gasteiger partial charge in [-0.2, -0.15) is 10.4 Å². The van der Waals surface area contributed by atoms with E-state index in [9.17, 15) is 0 Å². The third kappa shape index (κ3) is 2.68. The van der Waals surface area contributed by atoms with E-state index in [1.54, 1.807) is 0 Å². The molecule has 0 spiro atoms. The van der Waals surface area contributed by atoms with Crippen LogP contribution in [0.15, 0.2) is 12.1 Å². The van der Waals surface area contributed by atoms with Crippen molar-refractivity contribution in [3.05, 3.63) is 35.0 Å². The molecule has 6 nitrogen and oxygen atoms in total. The quantitative estimate of drug-likeness (QED) is 0.930. The van der Waals surface area contributed by atoms with Gasteiger partial charge in [0.15, 0.2) is 5.82 Å². The molecule has 2 atom stereocenters. The van der Waals surface area contributed by atoms with Gasteiger partial charge in [-0.15, -0.1) is 0 Å². The lowest BCUT2D eigenvalue weighted by molar-refractivity contribution is 0.444. The third-order valence-corrected chi connectivity index (χ3v) is 5.92. The molecule has 3 fully saturated rings. The van der Waals surface area contributed by atoms with E-state index in [1.165, 1.54) is 25.7 Å². The molecule has 0 bridgehead atoms. The van der Waals surface area contributed by atoms with Crippen LogP contribution in [0.3, 0.4) is 0 Å². The SMILES string of the molecule is Cc1nc(N2C[C@H](c3nc(C4CC4)n[nH]3)[C@@H](C3CC3)C2)ccc1C#N. The fourth-order valence-corrected chi connectivity index (χ4v) is 4.13. The van der Waals surface area contributed by atoms with Crippen molar-refractivity contribution >= 4 is 5.82 Å². The molecular formula is C19H22N6. The standard InChI is InChI=1S/C19H22N6/c1-11-14(8-20)6-7-17(21-11)25-9-15(12-2-3-12)16(10-25)19-22-18(23-24-19)13-4-5-13/h6-7,12-13,15-16H,2-5,9-10H2,1H3,(H,22,23,24)/t15-,16+/m1/s1. The van der Waals surface area contributed by atoms with Gasteiger partial charge < -0.3 is 4.90 Å². The Kier molecular flexibility index (Phi) is 3.30. The van der Waals surface area contributed by atoms with Crippen molar-refractivity contribution in [2.45, 2.75) is 44.4 Å². The summed E-state index contributed by atoms with van der Waals surface area (Å²) < 4.78 is 0. The summed E-state index contributed by atoms with van der Waals surface area (Å²) in [5.41, 5.74) is 1.46. The van der Waals surface area contributed by atoms with E-state index >= 15 is 0 Å². The van der Waals surface area contributed by atoms with Crippen LogP contribution >= 0.6 is 0 Å². The number of rotatable bonds is 4. The number of hydrogen-bond acceptors (Lipinski definition) is 5. The van der Waals surface area contributed by atoms with Crippen LogP contribution < -0.4 is 4.90 Å². The average molecular weight is 334 g/mol. The van der Waals surface area contributed by atoms with Gasteiger partial charge in [-0.25, -0.2) is 9.97 Å². The highest BCUT2D eigenvalue weighted by atomic mass is 15.3. The van der Waals surface area contributed by atoms with E-state index in [2.05, 4.69) is 26.2 Å². The molecule has 25 heavy (non-hydrogen) atoms. The van der Waals surface area contributed by atoms with E-state index in [0.717, 1.165) is 42.2 Å². The van der Waals surface area contributed by atoms with Gasteiger partial charge in [0.25, 0.3) is 0 Å².